The number of nitrogens with one attached hydrogen (secondary N) is 1. The first kappa shape index (κ1) is 15.0. The zero-order valence-electron chi connectivity index (χ0n) is 11.7. The molecular weight excluding hydrogens is 271 g/mol. The van der Waals surface area contributed by atoms with E-state index >= 15 is 0 Å². The predicted molar refractivity (Wildman–Crippen MR) is 80.1 cm³/mol. The highest BCUT2D eigenvalue weighted by Gasteiger charge is 2.08. The highest BCUT2D eigenvalue weighted by molar-refractivity contribution is 6.04. The van der Waals surface area contributed by atoms with Gasteiger partial charge in [-0.2, -0.15) is 0 Å². The van der Waals surface area contributed by atoms with Crippen molar-refractivity contribution in [1.29, 1.82) is 0 Å². The molecule has 3 N–H and O–H groups in total. The molecule has 21 heavy (non-hydrogen) atoms. The largest absolute Gasteiger partial charge is 0.492 e. The van der Waals surface area contributed by atoms with E-state index in [1.165, 1.54) is 18.2 Å². The molecule has 0 aliphatic rings. The van der Waals surface area contributed by atoms with Gasteiger partial charge in [-0.25, -0.2) is 4.39 Å². The second-order valence-electron chi connectivity index (χ2n) is 4.58. The lowest BCUT2D eigenvalue weighted by molar-refractivity contribution is 0.102. The van der Waals surface area contributed by atoms with Crippen LogP contribution in [-0.2, 0) is 0 Å². The summed E-state index contributed by atoms with van der Waals surface area (Å²) in [7, 11) is 0. The van der Waals surface area contributed by atoms with Gasteiger partial charge in [0.1, 0.15) is 18.2 Å². The van der Waals surface area contributed by atoms with Gasteiger partial charge in [-0.05, 0) is 55.0 Å². The number of hydrogen-bond donors (Lipinski definition) is 2. The number of ether oxygens (including phenoxy) is 1. The molecule has 0 aliphatic heterocycles. The maximum Gasteiger partial charge on any atom is 0.255 e. The second kappa shape index (κ2) is 6.85. The Hall–Kier alpha value is -2.40. The number of anilines is 1. The summed E-state index contributed by atoms with van der Waals surface area (Å²) in [5, 5.41) is 2.75. The van der Waals surface area contributed by atoms with Crippen LogP contribution in [0.1, 0.15) is 15.9 Å². The molecule has 2 rings (SSSR count). The van der Waals surface area contributed by atoms with Gasteiger partial charge < -0.3 is 15.8 Å². The number of amides is 1. The van der Waals surface area contributed by atoms with Gasteiger partial charge in [0.25, 0.3) is 5.91 Å². The monoisotopic (exact) mass is 288 g/mol. The highest BCUT2D eigenvalue weighted by Crippen LogP contribution is 2.17. The minimum absolute atomic E-state index is 0.284. The Balaban J connectivity index is 2.03. The van der Waals surface area contributed by atoms with Crippen LogP contribution in [0.5, 0.6) is 5.75 Å². The van der Waals surface area contributed by atoms with Crippen LogP contribution in [0.25, 0.3) is 0 Å². The van der Waals surface area contributed by atoms with Crippen molar-refractivity contribution in [2.45, 2.75) is 6.92 Å². The fourth-order valence-corrected chi connectivity index (χ4v) is 1.80. The van der Waals surface area contributed by atoms with Crippen molar-refractivity contribution in [3.63, 3.8) is 0 Å². The van der Waals surface area contributed by atoms with Crippen molar-refractivity contribution in [3.05, 3.63) is 59.4 Å². The lowest BCUT2D eigenvalue weighted by Gasteiger charge is -2.08. The Labute approximate surface area is 122 Å². The Morgan fingerprint density at radius 3 is 2.57 bits per heavy atom. The average molecular weight is 288 g/mol. The van der Waals surface area contributed by atoms with E-state index in [4.69, 9.17) is 10.5 Å². The number of rotatable bonds is 5. The number of nitrogens with two attached hydrogens (primary N) is 1. The Bertz CT molecular complexity index is 627. The molecular formula is C16H17FN2O2. The van der Waals surface area contributed by atoms with Crippen molar-refractivity contribution >= 4 is 11.6 Å². The summed E-state index contributed by atoms with van der Waals surface area (Å²) in [5.74, 6) is 0.0813. The van der Waals surface area contributed by atoms with Crippen molar-refractivity contribution in [2.24, 2.45) is 5.73 Å². The van der Waals surface area contributed by atoms with Gasteiger partial charge in [0.15, 0.2) is 0 Å². The third-order valence-electron chi connectivity index (χ3n) is 2.92. The second-order valence-corrected chi connectivity index (χ2v) is 4.58. The Morgan fingerprint density at radius 1 is 1.24 bits per heavy atom. The van der Waals surface area contributed by atoms with Gasteiger partial charge in [0.05, 0.1) is 0 Å². The van der Waals surface area contributed by atoms with E-state index < -0.39 is 0 Å². The van der Waals surface area contributed by atoms with E-state index in [0.717, 1.165) is 0 Å². The maximum absolute atomic E-state index is 13.2. The molecule has 0 atom stereocenters. The first-order valence-corrected chi connectivity index (χ1v) is 6.60. The number of benzene rings is 2. The van der Waals surface area contributed by atoms with E-state index in [2.05, 4.69) is 5.32 Å². The molecule has 0 saturated carbocycles. The molecule has 0 bridgehead atoms. The van der Waals surface area contributed by atoms with E-state index in [1.54, 1.807) is 31.2 Å². The van der Waals surface area contributed by atoms with Crippen LogP contribution < -0.4 is 15.8 Å². The van der Waals surface area contributed by atoms with Gasteiger partial charge in [-0.3, -0.25) is 4.79 Å². The number of carbonyl (C=O) groups is 1. The molecule has 0 radical (unpaired) electrons. The van der Waals surface area contributed by atoms with Crippen LogP contribution in [0.15, 0.2) is 42.5 Å². The van der Waals surface area contributed by atoms with E-state index in [-0.39, 0.29) is 11.7 Å². The third kappa shape index (κ3) is 4.03. The zero-order chi connectivity index (χ0) is 15.2. The summed E-state index contributed by atoms with van der Waals surface area (Å²) < 4.78 is 18.5. The molecule has 0 saturated heterocycles. The molecule has 1 amide bonds. The smallest absolute Gasteiger partial charge is 0.255 e. The van der Waals surface area contributed by atoms with Crippen molar-refractivity contribution in [3.8, 4) is 5.75 Å². The van der Waals surface area contributed by atoms with Gasteiger partial charge >= 0.3 is 0 Å². The maximum atomic E-state index is 13.2. The van der Waals surface area contributed by atoms with Gasteiger partial charge in [-0.1, -0.05) is 0 Å². The lowest BCUT2D eigenvalue weighted by Crippen LogP contribution is -2.12. The molecule has 2 aromatic carbocycles. The summed E-state index contributed by atoms with van der Waals surface area (Å²) in [5.41, 5.74) is 6.84. The van der Waals surface area contributed by atoms with Crippen molar-refractivity contribution in [2.75, 3.05) is 18.5 Å². The quantitative estimate of drug-likeness (QED) is 0.889. The Kier molecular flexibility index (Phi) is 4.90. The molecule has 0 aliphatic carbocycles. The Morgan fingerprint density at radius 2 is 1.95 bits per heavy atom. The topological polar surface area (TPSA) is 64.3 Å². The summed E-state index contributed by atoms with van der Waals surface area (Å²) in [6.45, 7) is 2.51. The van der Waals surface area contributed by atoms with Crippen LogP contribution in [-0.4, -0.2) is 19.1 Å². The van der Waals surface area contributed by atoms with E-state index in [1.807, 2.05) is 0 Å². The molecule has 0 aromatic heterocycles. The highest BCUT2D eigenvalue weighted by atomic mass is 19.1. The fourth-order valence-electron chi connectivity index (χ4n) is 1.80. The summed E-state index contributed by atoms with van der Waals surface area (Å²) in [6, 6.07) is 11.2. The van der Waals surface area contributed by atoms with Crippen LogP contribution >= 0.6 is 0 Å². The first-order valence-electron chi connectivity index (χ1n) is 6.60. The minimum atomic E-state index is -0.326. The molecule has 4 nitrogen and oxygen atoms in total. The number of hydrogen-bond acceptors (Lipinski definition) is 3. The summed E-state index contributed by atoms with van der Waals surface area (Å²) >= 11 is 0. The van der Waals surface area contributed by atoms with Crippen LogP contribution in [0.2, 0.25) is 0 Å². The molecule has 0 unspecified atom stereocenters. The SMILES string of the molecule is Cc1cc(C(=O)Nc2ccc(OCCN)cc2)ccc1F. The number of carbonyl (C=O) groups excluding carboxylic acids is 1. The molecule has 2 aromatic rings. The minimum Gasteiger partial charge on any atom is -0.492 e. The zero-order valence-corrected chi connectivity index (χ0v) is 11.7. The molecule has 5 heteroatoms. The number of aryl methyl sites for hydroxylation is 1. The summed E-state index contributed by atoms with van der Waals surface area (Å²) in [6.07, 6.45) is 0. The first-order chi connectivity index (χ1) is 10.1. The lowest BCUT2D eigenvalue weighted by atomic mass is 10.1. The average Bonchev–Trinajstić information content (AvgIpc) is 2.49. The van der Waals surface area contributed by atoms with Crippen LogP contribution in [0.4, 0.5) is 10.1 Å². The van der Waals surface area contributed by atoms with Gasteiger partial charge in [0.2, 0.25) is 0 Å². The molecule has 110 valence electrons. The standard InChI is InChI=1S/C16H17FN2O2/c1-11-10-12(2-7-15(11)17)16(20)19-13-3-5-14(6-4-13)21-9-8-18/h2-7,10H,8-9,18H2,1H3,(H,19,20). The normalized spacial score (nSPS) is 10.2. The molecule has 0 spiro atoms. The van der Waals surface area contributed by atoms with Crippen molar-refractivity contribution in [1.82, 2.24) is 0 Å². The van der Waals surface area contributed by atoms with E-state index in [9.17, 15) is 9.18 Å². The van der Waals surface area contributed by atoms with Gasteiger partial charge in [-0.15, -0.1) is 0 Å². The van der Waals surface area contributed by atoms with Gasteiger partial charge in [0, 0.05) is 17.8 Å². The van der Waals surface area contributed by atoms with Crippen LogP contribution in [0.3, 0.4) is 0 Å². The molecule has 0 heterocycles. The van der Waals surface area contributed by atoms with Crippen molar-refractivity contribution < 1.29 is 13.9 Å². The molecule has 0 fully saturated rings. The van der Waals surface area contributed by atoms with E-state index in [0.29, 0.717) is 35.7 Å². The fraction of sp³-hybridized carbons (Fsp3) is 0.188. The summed E-state index contributed by atoms with van der Waals surface area (Å²) in [4.78, 5) is 12.1. The third-order valence-corrected chi connectivity index (χ3v) is 2.92. The number of halogens is 1. The van der Waals surface area contributed by atoms with Crippen LogP contribution in [0, 0.1) is 12.7 Å². The predicted octanol–water partition coefficient (Wildman–Crippen LogP) is 2.72.